The average molecular weight is 344 g/mol. The number of para-hydroxylation sites is 2. The van der Waals surface area contributed by atoms with Crippen LogP contribution >= 0.6 is 0 Å². The molecule has 0 saturated carbocycles. The first kappa shape index (κ1) is 15.2. The molecule has 1 aliphatic rings. The first-order valence-electron chi connectivity index (χ1n) is 7.61. The second kappa shape index (κ2) is 5.64. The molecule has 0 spiro atoms. The number of sulfone groups is 1. The van der Waals surface area contributed by atoms with Crippen molar-refractivity contribution in [1.29, 1.82) is 0 Å². The third-order valence-corrected chi connectivity index (χ3v) is 4.88. The fraction of sp³-hybridized carbons (Fsp3) is 0.312. The Labute approximate surface area is 139 Å². The quantitative estimate of drug-likeness (QED) is 0.666. The maximum absolute atomic E-state index is 11.6. The van der Waals surface area contributed by atoms with Crippen LogP contribution in [0.25, 0.3) is 11.1 Å². The maximum Gasteiger partial charge on any atom is 0.246 e. The van der Waals surface area contributed by atoms with Crippen LogP contribution in [0.3, 0.4) is 0 Å². The average Bonchev–Trinajstić information content (AvgIpc) is 2.95. The lowest BCUT2D eigenvalue weighted by molar-refractivity contribution is 0.220. The van der Waals surface area contributed by atoms with Gasteiger partial charge in [-0.1, -0.05) is 12.1 Å². The minimum atomic E-state index is -3.37. The molecule has 24 heavy (non-hydrogen) atoms. The van der Waals surface area contributed by atoms with Gasteiger partial charge in [0.1, 0.15) is 5.52 Å². The largest absolute Gasteiger partial charge is 0.439 e. The molecule has 3 heterocycles. The molecule has 0 atom stereocenters. The van der Waals surface area contributed by atoms with Crippen molar-refractivity contribution < 1.29 is 12.8 Å². The molecule has 3 aromatic rings. The van der Waals surface area contributed by atoms with Crippen LogP contribution < -0.4 is 0 Å². The van der Waals surface area contributed by atoms with E-state index in [9.17, 15) is 8.42 Å². The molecular weight excluding hydrogens is 328 g/mol. The van der Waals surface area contributed by atoms with Gasteiger partial charge in [-0.2, -0.15) is 0 Å². The lowest BCUT2D eigenvalue weighted by Gasteiger charge is -2.26. The number of aromatic nitrogens is 3. The molecule has 1 aromatic carbocycles. The van der Waals surface area contributed by atoms with Crippen molar-refractivity contribution in [3.05, 3.63) is 47.6 Å². The predicted octanol–water partition coefficient (Wildman–Crippen LogP) is 1.58. The number of hydrogen-bond donors (Lipinski definition) is 0. The molecule has 0 radical (unpaired) electrons. The summed E-state index contributed by atoms with van der Waals surface area (Å²) in [6.45, 7) is 2.02. The summed E-state index contributed by atoms with van der Waals surface area (Å²) in [4.78, 5) is 14.9. The number of rotatable bonds is 3. The first-order chi connectivity index (χ1) is 11.5. The zero-order chi connectivity index (χ0) is 16.7. The molecule has 8 heteroatoms. The molecule has 0 saturated heterocycles. The third-order valence-electron chi connectivity index (χ3n) is 4.02. The molecule has 0 aliphatic carbocycles. The van der Waals surface area contributed by atoms with Crippen molar-refractivity contribution in [3.63, 3.8) is 0 Å². The van der Waals surface area contributed by atoms with Gasteiger partial charge in [-0.25, -0.2) is 23.4 Å². The maximum atomic E-state index is 11.6. The highest BCUT2D eigenvalue weighted by Crippen LogP contribution is 2.21. The molecule has 7 nitrogen and oxygen atoms in total. The topological polar surface area (TPSA) is 89.2 Å². The Morgan fingerprint density at radius 3 is 2.88 bits per heavy atom. The van der Waals surface area contributed by atoms with Crippen molar-refractivity contribution >= 4 is 20.9 Å². The Bertz CT molecular complexity index is 980. The number of hydrogen-bond acceptors (Lipinski definition) is 7. The van der Waals surface area contributed by atoms with Crippen LogP contribution in [0, 0.1) is 0 Å². The summed E-state index contributed by atoms with van der Waals surface area (Å²) >= 11 is 0. The molecule has 4 rings (SSSR count). The molecule has 0 unspecified atom stereocenters. The van der Waals surface area contributed by atoms with Crippen molar-refractivity contribution in [3.8, 4) is 0 Å². The second-order valence-corrected chi connectivity index (χ2v) is 7.84. The third kappa shape index (κ3) is 2.90. The van der Waals surface area contributed by atoms with E-state index in [4.69, 9.17) is 4.42 Å². The predicted molar refractivity (Wildman–Crippen MR) is 87.0 cm³/mol. The van der Waals surface area contributed by atoms with E-state index < -0.39 is 9.84 Å². The van der Waals surface area contributed by atoms with E-state index in [0.717, 1.165) is 35.2 Å². The van der Waals surface area contributed by atoms with E-state index in [-0.39, 0.29) is 5.16 Å². The standard InChI is InChI=1S/C16H16N4O3S/c1-24(21,22)16-17-8-11-9-20(7-6-12(11)19-16)10-15-18-13-4-2-3-5-14(13)23-15/h2-5,8H,6-7,9-10H2,1H3. The SMILES string of the molecule is CS(=O)(=O)c1ncc2c(n1)CCN(Cc1nc3ccccc3o1)C2. The Balaban J connectivity index is 1.54. The van der Waals surface area contributed by atoms with Gasteiger partial charge in [0.2, 0.25) is 20.9 Å². The van der Waals surface area contributed by atoms with E-state index in [1.165, 1.54) is 0 Å². The normalized spacial score (nSPS) is 15.5. The van der Waals surface area contributed by atoms with E-state index in [1.54, 1.807) is 6.20 Å². The van der Waals surface area contributed by atoms with Crippen LogP contribution in [0.5, 0.6) is 0 Å². The molecule has 124 valence electrons. The molecule has 1 aliphatic heterocycles. The lowest BCUT2D eigenvalue weighted by atomic mass is 10.1. The van der Waals surface area contributed by atoms with Gasteiger partial charge in [-0.15, -0.1) is 0 Å². The van der Waals surface area contributed by atoms with Crippen LogP contribution in [-0.4, -0.2) is 41.1 Å². The van der Waals surface area contributed by atoms with Crippen molar-refractivity contribution in [2.45, 2.75) is 24.7 Å². The minimum absolute atomic E-state index is 0.103. The summed E-state index contributed by atoms with van der Waals surface area (Å²) in [5.74, 6) is 0.674. The van der Waals surface area contributed by atoms with Gasteiger partial charge in [-0.3, -0.25) is 4.90 Å². The molecule has 0 N–H and O–H groups in total. The van der Waals surface area contributed by atoms with Crippen LogP contribution in [0.2, 0.25) is 0 Å². The molecule has 2 aromatic heterocycles. The van der Waals surface area contributed by atoms with Crippen LogP contribution in [0.1, 0.15) is 17.1 Å². The smallest absolute Gasteiger partial charge is 0.246 e. The highest BCUT2D eigenvalue weighted by molar-refractivity contribution is 7.90. The fourth-order valence-corrected chi connectivity index (χ4v) is 3.37. The van der Waals surface area contributed by atoms with Gasteiger partial charge in [-0.05, 0) is 12.1 Å². The van der Waals surface area contributed by atoms with Gasteiger partial charge in [0.15, 0.2) is 5.58 Å². The van der Waals surface area contributed by atoms with Crippen molar-refractivity contribution in [1.82, 2.24) is 19.9 Å². The Morgan fingerprint density at radius 1 is 1.25 bits per heavy atom. The van der Waals surface area contributed by atoms with E-state index in [0.29, 0.717) is 25.4 Å². The summed E-state index contributed by atoms with van der Waals surface area (Å²) < 4.78 is 28.9. The molecular formula is C16H16N4O3S. The summed E-state index contributed by atoms with van der Waals surface area (Å²) in [5, 5.41) is -0.103. The van der Waals surface area contributed by atoms with Crippen LogP contribution in [0.15, 0.2) is 40.0 Å². The zero-order valence-corrected chi connectivity index (χ0v) is 14.0. The van der Waals surface area contributed by atoms with Gasteiger partial charge in [0.05, 0.1) is 12.2 Å². The van der Waals surface area contributed by atoms with E-state index in [1.807, 2.05) is 24.3 Å². The molecule has 0 amide bonds. The lowest BCUT2D eigenvalue weighted by Crippen LogP contribution is -2.31. The van der Waals surface area contributed by atoms with Gasteiger partial charge in [0.25, 0.3) is 0 Å². The van der Waals surface area contributed by atoms with E-state index >= 15 is 0 Å². The highest BCUT2D eigenvalue weighted by atomic mass is 32.2. The van der Waals surface area contributed by atoms with Gasteiger partial charge < -0.3 is 4.42 Å². The number of nitrogens with zero attached hydrogens (tertiary/aromatic N) is 4. The first-order valence-corrected chi connectivity index (χ1v) is 9.50. The van der Waals surface area contributed by atoms with E-state index in [2.05, 4.69) is 19.9 Å². The molecule has 0 fully saturated rings. The summed E-state index contributed by atoms with van der Waals surface area (Å²) in [6.07, 6.45) is 3.41. The van der Waals surface area contributed by atoms with Gasteiger partial charge in [0, 0.05) is 37.5 Å². The monoisotopic (exact) mass is 344 g/mol. The summed E-state index contributed by atoms with van der Waals surface area (Å²) in [5.41, 5.74) is 3.39. The second-order valence-electron chi connectivity index (χ2n) is 5.93. The van der Waals surface area contributed by atoms with Crippen molar-refractivity contribution in [2.75, 3.05) is 12.8 Å². The zero-order valence-electron chi connectivity index (χ0n) is 13.1. The van der Waals surface area contributed by atoms with Crippen LogP contribution in [-0.2, 0) is 29.3 Å². The Hall–Kier alpha value is -2.32. The summed E-state index contributed by atoms with van der Waals surface area (Å²) in [6, 6.07) is 7.68. The van der Waals surface area contributed by atoms with Crippen molar-refractivity contribution in [2.24, 2.45) is 0 Å². The fourth-order valence-electron chi connectivity index (χ4n) is 2.85. The number of fused-ring (bicyclic) bond motifs is 2. The minimum Gasteiger partial charge on any atom is -0.439 e. The molecule has 0 bridgehead atoms. The number of oxazole rings is 1. The highest BCUT2D eigenvalue weighted by Gasteiger charge is 2.22. The Kier molecular flexibility index (Phi) is 3.58. The van der Waals surface area contributed by atoms with Crippen LogP contribution in [0.4, 0.5) is 0 Å². The van der Waals surface area contributed by atoms with Gasteiger partial charge >= 0.3 is 0 Å². The summed E-state index contributed by atoms with van der Waals surface area (Å²) in [7, 11) is -3.37. The Morgan fingerprint density at radius 2 is 2.08 bits per heavy atom. The number of benzene rings is 1.